The Labute approximate surface area is 208 Å². The van der Waals surface area contributed by atoms with Crippen molar-refractivity contribution in [2.75, 3.05) is 44.7 Å². The maximum Gasteiger partial charge on any atom is 0.222 e. The van der Waals surface area contributed by atoms with Crippen LogP contribution in [0.25, 0.3) is 0 Å². The monoisotopic (exact) mass is 548 g/mol. The number of anilines is 1. The quantitative estimate of drug-likeness (QED) is 0.235. The summed E-state index contributed by atoms with van der Waals surface area (Å²) in [6.45, 7) is 4.56. The van der Waals surface area contributed by atoms with Gasteiger partial charge in [0.05, 0.1) is 13.2 Å². The number of carbonyl (C=O) groups excluding carboxylic acids is 1. The molecule has 4 rings (SSSR count). The van der Waals surface area contributed by atoms with Crippen LogP contribution in [0.4, 0.5) is 5.69 Å². The first-order valence-corrected chi connectivity index (χ1v) is 11.2. The summed E-state index contributed by atoms with van der Waals surface area (Å²) in [5.41, 5.74) is 3.73. The van der Waals surface area contributed by atoms with Crippen molar-refractivity contribution >= 4 is 41.5 Å². The van der Waals surface area contributed by atoms with Crippen LogP contribution in [0, 0.1) is 0 Å². The highest BCUT2D eigenvalue weighted by Gasteiger charge is 2.31. The maximum atomic E-state index is 12.0. The molecule has 1 unspecified atom stereocenters. The fraction of sp³-hybridized carbons (Fsp3) is 0.440. The Kier molecular flexibility index (Phi) is 9.35. The average molecular weight is 548 g/mol. The van der Waals surface area contributed by atoms with Crippen LogP contribution in [0.3, 0.4) is 0 Å². The topological polar surface area (TPSA) is 57.2 Å². The highest BCUT2D eigenvalue weighted by Crippen LogP contribution is 2.38. The average Bonchev–Trinajstić information content (AvgIpc) is 3.39. The van der Waals surface area contributed by atoms with Crippen molar-refractivity contribution in [3.63, 3.8) is 0 Å². The number of carbonyl (C=O) groups is 1. The summed E-state index contributed by atoms with van der Waals surface area (Å²) in [7, 11) is 1.83. The van der Waals surface area contributed by atoms with Gasteiger partial charge in [-0.2, -0.15) is 0 Å². The molecule has 2 aliphatic heterocycles. The van der Waals surface area contributed by atoms with Gasteiger partial charge in [-0.15, -0.1) is 24.0 Å². The van der Waals surface area contributed by atoms with E-state index >= 15 is 0 Å². The van der Waals surface area contributed by atoms with Gasteiger partial charge in [-0.3, -0.25) is 9.79 Å². The number of ether oxygens (including phenoxy) is 1. The second kappa shape index (κ2) is 12.2. The Morgan fingerprint density at radius 2 is 1.94 bits per heavy atom. The third-order valence-corrected chi connectivity index (χ3v) is 6.10. The van der Waals surface area contributed by atoms with Gasteiger partial charge in [-0.1, -0.05) is 48.5 Å². The third-order valence-electron chi connectivity index (χ3n) is 6.10. The van der Waals surface area contributed by atoms with E-state index in [0.717, 1.165) is 38.4 Å². The van der Waals surface area contributed by atoms with E-state index in [1.54, 1.807) is 0 Å². The lowest BCUT2D eigenvalue weighted by Gasteiger charge is -2.23. The predicted octanol–water partition coefficient (Wildman–Crippen LogP) is 4.01. The summed E-state index contributed by atoms with van der Waals surface area (Å²) in [6.07, 6.45) is 2.68. The molecule has 32 heavy (non-hydrogen) atoms. The van der Waals surface area contributed by atoms with Gasteiger partial charge in [-0.25, -0.2) is 0 Å². The number of likely N-dealkylation sites (tertiary alicyclic amines) is 1. The number of guanidine groups is 1. The van der Waals surface area contributed by atoms with Gasteiger partial charge in [0.1, 0.15) is 0 Å². The Bertz CT molecular complexity index is 906. The Balaban J connectivity index is 0.00000289. The number of halogens is 1. The number of hydrogen-bond donors (Lipinski definition) is 1. The number of benzene rings is 2. The number of amides is 1. The molecular weight excluding hydrogens is 515 g/mol. The number of fused-ring (bicyclic) bond motifs is 1. The highest BCUT2D eigenvalue weighted by atomic mass is 127. The van der Waals surface area contributed by atoms with Crippen molar-refractivity contribution in [3.8, 4) is 0 Å². The molecule has 1 N–H and O–H groups in total. The molecule has 2 aromatic rings. The van der Waals surface area contributed by atoms with Crippen LogP contribution in [-0.2, 0) is 16.1 Å². The van der Waals surface area contributed by atoms with Crippen molar-refractivity contribution in [2.24, 2.45) is 4.99 Å². The van der Waals surface area contributed by atoms with Crippen LogP contribution < -0.4 is 10.2 Å². The fourth-order valence-corrected chi connectivity index (χ4v) is 4.49. The molecule has 1 saturated heterocycles. The van der Waals surface area contributed by atoms with E-state index in [9.17, 15) is 4.79 Å². The zero-order chi connectivity index (χ0) is 21.5. The molecule has 0 aromatic heterocycles. The minimum atomic E-state index is 0. The molecule has 1 atom stereocenters. The lowest BCUT2D eigenvalue weighted by atomic mass is 9.98. The number of nitrogens with one attached hydrogen (secondary N) is 1. The molecule has 1 amide bonds. The summed E-state index contributed by atoms with van der Waals surface area (Å²) in [6, 6.07) is 18.8. The second-order valence-corrected chi connectivity index (χ2v) is 8.15. The summed E-state index contributed by atoms with van der Waals surface area (Å²) in [5.74, 6) is 1.57. The molecule has 172 valence electrons. The standard InChI is InChI=1S/C25H32N4O2.HI/c1-26-25(27-14-17-31-19-20-8-3-2-4-9-20)29-18-21(22-10-5-6-11-23(22)29)13-16-28-15-7-12-24(28)30;/h2-6,8-11,21H,7,12-19H2,1H3,(H,26,27);1H. The largest absolute Gasteiger partial charge is 0.375 e. The van der Waals surface area contributed by atoms with E-state index < -0.39 is 0 Å². The van der Waals surface area contributed by atoms with E-state index in [1.165, 1.54) is 16.8 Å². The van der Waals surface area contributed by atoms with Crippen LogP contribution in [0.2, 0.25) is 0 Å². The Morgan fingerprint density at radius 1 is 1.16 bits per heavy atom. The van der Waals surface area contributed by atoms with Crippen LogP contribution in [-0.4, -0.2) is 56.6 Å². The van der Waals surface area contributed by atoms with E-state index in [1.807, 2.05) is 30.1 Å². The van der Waals surface area contributed by atoms with E-state index in [4.69, 9.17) is 4.74 Å². The number of nitrogens with zero attached hydrogens (tertiary/aromatic N) is 3. The van der Waals surface area contributed by atoms with Crippen molar-refractivity contribution < 1.29 is 9.53 Å². The molecule has 2 heterocycles. The smallest absolute Gasteiger partial charge is 0.222 e. The van der Waals surface area contributed by atoms with Gasteiger partial charge in [0.25, 0.3) is 0 Å². The molecule has 0 aliphatic carbocycles. The van der Waals surface area contributed by atoms with Gasteiger partial charge >= 0.3 is 0 Å². The second-order valence-electron chi connectivity index (χ2n) is 8.15. The minimum Gasteiger partial charge on any atom is -0.375 e. The molecule has 2 aliphatic rings. The molecule has 0 bridgehead atoms. The first-order valence-electron chi connectivity index (χ1n) is 11.2. The normalized spacial score (nSPS) is 18.0. The van der Waals surface area contributed by atoms with E-state index in [-0.39, 0.29) is 24.0 Å². The maximum absolute atomic E-state index is 12.0. The van der Waals surface area contributed by atoms with Gasteiger partial charge in [0.15, 0.2) is 5.96 Å². The van der Waals surface area contributed by atoms with Crippen LogP contribution in [0.15, 0.2) is 59.6 Å². The zero-order valence-electron chi connectivity index (χ0n) is 18.7. The number of para-hydroxylation sites is 1. The van der Waals surface area contributed by atoms with Gasteiger partial charge in [0.2, 0.25) is 5.91 Å². The van der Waals surface area contributed by atoms with Gasteiger partial charge in [0, 0.05) is 51.3 Å². The van der Waals surface area contributed by atoms with Crippen LogP contribution in [0.5, 0.6) is 0 Å². The van der Waals surface area contributed by atoms with Crippen molar-refractivity contribution in [2.45, 2.75) is 31.8 Å². The lowest BCUT2D eigenvalue weighted by molar-refractivity contribution is -0.127. The number of rotatable bonds is 8. The summed E-state index contributed by atoms with van der Waals surface area (Å²) in [5, 5.41) is 3.45. The Hall–Kier alpha value is -2.13. The molecule has 0 spiro atoms. The Morgan fingerprint density at radius 3 is 2.69 bits per heavy atom. The van der Waals surface area contributed by atoms with E-state index in [0.29, 0.717) is 38.0 Å². The van der Waals surface area contributed by atoms with Gasteiger partial charge < -0.3 is 19.9 Å². The lowest BCUT2D eigenvalue weighted by Crippen LogP contribution is -2.42. The minimum absolute atomic E-state index is 0. The molecule has 0 saturated carbocycles. The zero-order valence-corrected chi connectivity index (χ0v) is 21.0. The number of aliphatic imine (C=N–C) groups is 1. The third kappa shape index (κ3) is 6.01. The molecular formula is C25H33IN4O2. The highest BCUT2D eigenvalue weighted by molar-refractivity contribution is 14.0. The SMILES string of the molecule is CN=C(NCCOCc1ccccc1)N1CC(CCN2CCCC2=O)c2ccccc21.I. The first-order chi connectivity index (χ1) is 15.3. The van der Waals surface area contributed by atoms with Crippen LogP contribution >= 0.6 is 24.0 Å². The van der Waals surface area contributed by atoms with Crippen molar-refractivity contribution in [1.29, 1.82) is 0 Å². The summed E-state index contributed by atoms with van der Waals surface area (Å²) in [4.78, 5) is 20.8. The fourth-order valence-electron chi connectivity index (χ4n) is 4.49. The first kappa shape index (κ1) is 24.5. The van der Waals surface area contributed by atoms with Crippen LogP contribution in [0.1, 0.15) is 36.3 Å². The number of hydrogen-bond acceptors (Lipinski definition) is 3. The molecule has 0 radical (unpaired) electrons. The molecule has 2 aromatic carbocycles. The summed E-state index contributed by atoms with van der Waals surface area (Å²) < 4.78 is 5.80. The molecule has 6 nitrogen and oxygen atoms in total. The molecule has 7 heteroatoms. The van der Waals surface area contributed by atoms with E-state index in [2.05, 4.69) is 51.6 Å². The van der Waals surface area contributed by atoms with Gasteiger partial charge in [-0.05, 0) is 30.0 Å². The predicted molar refractivity (Wildman–Crippen MR) is 140 cm³/mol. The molecule has 1 fully saturated rings. The van der Waals surface area contributed by atoms with Crippen molar-refractivity contribution in [1.82, 2.24) is 10.2 Å². The summed E-state index contributed by atoms with van der Waals surface area (Å²) >= 11 is 0. The van der Waals surface area contributed by atoms with Crippen molar-refractivity contribution in [3.05, 3.63) is 65.7 Å².